The van der Waals surface area contributed by atoms with Crippen molar-refractivity contribution in [2.75, 3.05) is 27.2 Å². The zero-order valence-electron chi connectivity index (χ0n) is 21.6. The van der Waals surface area contributed by atoms with Crippen LogP contribution in [-0.4, -0.2) is 59.2 Å². The van der Waals surface area contributed by atoms with Gasteiger partial charge in [-0.1, -0.05) is 44.1 Å². The van der Waals surface area contributed by atoms with Gasteiger partial charge >= 0.3 is 0 Å². The van der Waals surface area contributed by atoms with Crippen LogP contribution < -0.4 is 5.46 Å². The molecule has 6 heteroatoms. The largest absolute Gasteiger partial charge is 0.345 e. The van der Waals surface area contributed by atoms with Crippen molar-refractivity contribution in [2.45, 2.75) is 46.4 Å². The molecule has 0 fully saturated rings. The van der Waals surface area contributed by atoms with E-state index in [4.69, 9.17) is 4.98 Å². The number of fused-ring (bicyclic) bond motifs is 1. The molecule has 34 heavy (non-hydrogen) atoms. The summed E-state index contributed by atoms with van der Waals surface area (Å²) in [5, 5.41) is 1.30. The van der Waals surface area contributed by atoms with E-state index < -0.39 is 0 Å². The molecule has 0 radical (unpaired) electrons. The first-order valence-electron chi connectivity index (χ1n) is 12.5. The van der Waals surface area contributed by atoms with Crippen molar-refractivity contribution in [3.8, 4) is 0 Å². The average Bonchev–Trinajstić information content (AvgIpc) is 3.14. The summed E-state index contributed by atoms with van der Waals surface area (Å²) in [4.78, 5) is 21.1. The molecule has 0 N–H and O–H groups in total. The van der Waals surface area contributed by atoms with E-state index in [1.54, 1.807) is 19.0 Å². The minimum Gasteiger partial charge on any atom is -0.345 e. The number of carbonyl (C=O) groups is 1. The van der Waals surface area contributed by atoms with Crippen LogP contribution >= 0.6 is 0 Å². The summed E-state index contributed by atoms with van der Waals surface area (Å²) >= 11 is 0. The lowest BCUT2D eigenvalue weighted by molar-refractivity contribution is 0.0827. The van der Waals surface area contributed by atoms with Gasteiger partial charge in [0.15, 0.2) is 6.71 Å². The number of carbonyl (C=O) groups excluding carboxylic acids is 1. The lowest BCUT2D eigenvalue weighted by atomic mass is 9.44. The predicted molar refractivity (Wildman–Crippen MR) is 144 cm³/mol. The Bertz CT molecular complexity index is 1230. The van der Waals surface area contributed by atoms with E-state index >= 15 is 0 Å². The highest BCUT2D eigenvalue weighted by atomic mass is 16.2. The summed E-state index contributed by atoms with van der Waals surface area (Å²) in [5.41, 5.74) is 8.39. The Morgan fingerprint density at radius 3 is 2.65 bits per heavy atom. The average molecular weight is 456 g/mol. The maximum Gasteiger partial charge on any atom is 0.253 e. The van der Waals surface area contributed by atoms with Crippen molar-refractivity contribution in [2.24, 2.45) is 7.05 Å². The standard InChI is InChI=1S/C28H37BN4O/c1-7-13-29(3)26-10-14-30-27-25(26)18-23(32(27)6)19-33-15-11-21(12-16-33)24-9-8-22(17-20(24)2)28(34)31(4)5/h8-11,14,17-18H,7,12-13,15-16,19H2,1-6H3. The Hall–Kier alpha value is -2.86. The highest BCUT2D eigenvalue weighted by Crippen LogP contribution is 2.27. The molecular formula is C28H37BN4O. The first-order chi connectivity index (χ1) is 16.3. The van der Waals surface area contributed by atoms with E-state index in [1.807, 2.05) is 18.3 Å². The monoisotopic (exact) mass is 456 g/mol. The number of nitrogens with zero attached hydrogens (tertiary/aromatic N) is 4. The Kier molecular flexibility index (Phi) is 7.27. The fourth-order valence-corrected chi connectivity index (χ4v) is 5.20. The van der Waals surface area contributed by atoms with Crippen LogP contribution in [0.1, 0.15) is 46.9 Å². The summed E-state index contributed by atoms with van der Waals surface area (Å²) in [6.07, 6.45) is 7.73. The molecule has 5 nitrogen and oxygen atoms in total. The van der Waals surface area contributed by atoms with Crippen molar-refractivity contribution < 1.29 is 4.79 Å². The summed E-state index contributed by atoms with van der Waals surface area (Å²) in [6.45, 7) is 10.1. The first kappa shape index (κ1) is 24.3. The molecule has 4 rings (SSSR count). The molecule has 178 valence electrons. The third-order valence-corrected chi connectivity index (χ3v) is 7.22. The lowest BCUT2D eigenvalue weighted by Gasteiger charge is -2.27. The molecule has 0 saturated carbocycles. The zero-order chi connectivity index (χ0) is 24.4. The number of aryl methyl sites for hydroxylation is 2. The molecule has 1 aromatic carbocycles. The minimum absolute atomic E-state index is 0.0511. The van der Waals surface area contributed by atoms with Gasteiger partial charge in [0.25, 0.3) is 5.91 Å². The van der Waals surface area contributed by atoms with Gasteiger partial charge in [-0.2, -0.15) is 0 Å². The fraction of sp³-hybridized carbons (Fsp3) is 0.429. The van der Waals surface area contributed by atoms with E-state index in [2.05, 4.69) is 61.5 Å². The minimum atomic E-state index is 0.0511. The Balaban J connectivity index is 1.50. The maximum absolute atomic E-state index is 12.3. The number of benzene rings is 1. The van der Waals surface area contributed by atoms with Gasteiger partial charge in [0.2, 0.25) is 0 Å². The van der Waals surface area contributed by atoms with Gasteiger partial charge in [-0.3, -0.25) is 9.69 Å². The number of hydrogen-bond donors (Lipinski definition) is 0. The SMILES string of the molecule is CCCB(C)c1ccnc2c1cc(CN1CC=C(c3ccc(C(=O)N(C)C)cc3C)CC1)n2C. The Morgan fingerprint density at radius 1 is 1.21 bits per heavy atom. The third kappa shape index (κ3) is 4.83. The zero-order valence-corrected chi connectivity index (χ0v) is 21.6. The topological polar surface area (TPSA) is 41.4 Å². The Morgan fingerprint density at radius 2 is 2.00 bits per heavy atom. The van der Waals surface area contributed by atoms with Gasteiger partial charge in [0, 0.05) is 63.6 Å². The van der Waals surface area contributed by atoms with Crippen molar-refractivity contribution in [3.63, 3.8) is 0 Å². The van der Waals surface area contributed by atoms with Gasteiger partial charge in [-0.05, 0) is 54.3 Å². The molecule has 1 amide bonds. The van der Waals surface area contributed by atoms with Crippen LogP contribution in [0.25, 0.3) is 16.6 Å². The molecule has 3 aromatic rings. The molecule has 1 aliphatic heterocycles. The molecular weight excluding hydrogens is 419 g/mol. The number of pyridine rings is 1. The molecule has 0 bridgehead atoms. The second-order valence-corrected chi connectivity index (χ2v) is 9.97. The summed E-state index contributed by atoms with van der Waals surface area (Å²) in [6, 6.07) is 10.6. The van der Waals surface area contributed by atoms with E-state index in [0.29, 0.717) is 6.71 Å². The summed E-state index contributed by atoms with van der Waals surface area (Å²) in [7, 11) is 5.73. The molecule has 0 aliphatic carbocycles. The second-order valence-electron chi connectivity index (χ2n) is 9.97. The second kappa shape index (κ2) is 10.2. The number of hydrogen-bond acceptors (Lipinski definition) is 3. The number of aromatic nitrogens is 2. The fourth-order valence-electron chi connectivity index (χ4n) is 5.20. The van der Waals surface area contributed by atoms with Crippen LogP contribution in [0.2, 0.25) is 13.1 Å². The van der Waals surface area contributed by atoms with Crippen LogP contribution in [0.4, 0.5) is 0 Å². The van der Waals surface area contributed by atoms with Crippen molar-refractivity contribution in [3.05, 3.63) is 65.0 Å². The van der Waals surface area contributed by atoms with Gasteiger partial charge in [-0.25, -0.2) is 4.98 Å². The highest BCUT2D eigenvalue weighted by Gasteiger charge is 2.20. The van der Waals surface area contributed by atoms with Crippen LogP contribution in [0.3, 0.4) is 0 Å². The normalized spacial score (nSPS) is 14.4. The van der Waals surface area contributed by atoms with E-state index in [-0.39, 0.29) is 5.91 Å². The van der Waals surface area contributed by atoms with E-state index in [9.17, 15) is 4.79 Å². The van der Waals surface area contributed by atoms with E-state index in [0.717, 1.165) is 37.3 Å². The molecule has 2 aromatic heterocycles. The predicted octanol–water partition coefficient (Wildman–Crippen LogP) is 4.61. The molecule has 0 saturated heterocycles. The van der Waals surface area contributed by atoms with Crippen LogP contribution in [0, 0.1) is 6.92 Å². The number of amides is 1. The van der Waals surface area contributed by atoms with Gasteiger partial charge in [-0.15, -0.1) is 0 Å². The lowest BCUT2D eigenvalue weighted by Crippen LogP contribution is -2.29. The summed E-state index contributed by atoms with van der Waals surface area (Å²) < 4.78 is 2.27. The maximum atomic E-state index is 12.3. The molecule has 1 aliphatic rings. The van der Waals surface area contributed by atoms with Gasteiger partial charge < -0.3 is 9.47 Å². The van der Waals surface area contributed by atoms with Gasteiger partial charge in [0.1, 0.15) is 5.65 Å². The quantitative estimate of drug-likeness (QED) is 0.488. The molecule has 0 unspecified atom stereocenters. The van der Waals surface area contributed by atoms with Crippen LogP contribution in [0.5, 0.6) is 0 Å². The van der Waals surface area contributed by atoms with E-state index in [1.165, 1.54) is 46.0 Å². The molecule has 3 heterocycles. The van der Waals surface area contributed by atoms with Crippen molar-refractivity contribution >= 4 is 34.7 Å². The molecule has 0 atom stereocenters. The van der Waals surface area contributed by atoms with Crippen LogP contribution in [0.15, 0.2) is 42.6 Å². The Labute approximate surface area is 204 Å². The summed E-state index contributed by atoms with van der Waals surface area (Å²) in [5.74, 6) is 0.0511. The third-order valence-electron chi connectivity index (χ3n) is 7.22. The molecule has 0 spiro atoms. The van der Waals surface area contributed by atoms with Crippen LogP contribution in [-0.2, 0) is 13.6 Å². The first-order valence-corrected chi connectivity index (χ1v) is 12.5. The van der Waals surface area contributed by atoms with Crippen molar-refractivity contribution in [1.82, 2.24) is 19.4 Å². The van der Waals surface area contributed by atoms with Crippen molar-refractivity contribution in [1.29, 1.82) is 0 Å². The van der Waals surface area contributed by atoms with Gasteiger partial charge in [0.05, 0.1) is 0 Å². The highest BCUT2D eigenvalue weighted by molar-refractivity contribution is 6.74. The number of rotatable bonds is 7. The smallest absolute Gasteiger partial charge is 0.253 e.